The monoisotopic (exact) mass is 293 g/mol. The highest BCUT2D eigenvalue weighted by Gasteiger charge is 2.29. The Morgan fingerprint density at radius 2 is 2.14 bits per heavy atom. The number of hydrogen-bond donors (Lipinski definition) is 2. The molecule has 1 atom stereocenters. The van der Waals surface area contributed by atoms with Crippen LogP contribution in [0.1, 0.15) is 38.3 Å². The lowest BCUT2D eigenvalue weighted by molar-refractivity contribution is -0.145. The Kier molecular flexibility index (Phi) is 5.36. The van der Waals surface area contributed by atoms with E-state index in [4.69, 9.17) is 4.74 Å². The molecule has 1 fully saturated rings. The molecule has 0 spiro atoms. The van der Waals surface area contributed by atoms with Gasteiger partial charge < -0.3 is 15.0 Å². The molecule has 2 N–H and O–H groups in total. The second-order valence-electron chi connectivity index (χ2n) is 5.82. The van der Waals surface area contributed by atoms with E-state index in [2.05, 4.69) is 22.2 Å². The Bertz CT molecular complexity index is 465. The van der Waals surface area contributed by atoms with Gasteiger partial charge in [0, 0.05) is 24.2 Å². The number of esters is 1. The van der Waals surface area contributed by atoms with Crippen LogP contribution in [0.25, 0.3) is 0 Å². The number of aromatic nitrogens is 2. The maximum Gasteiger partial charge on any atom is 0.328 e. The van der Waals surface area contributed by atoms with Gasteiger partial charge in [0.25, 0.3) is 0 Å². The number of methoxy groups -OCH3 is 1. The summed E-state index contributed by atoms with van der Waals surface area (Å²) in [7, 11) is 1.33. The molecule has 1 aromatic heterocycles. The molecule has 1 saturated carbocycles. The highest BCUT2D eigenvalue weighted by atomic mass is 16.5. The van der Waals surface area contributed by atoms with Crippen LogP contribution in [-0.4, -0.2) is 35.0 Å². The van der Waals surface area contributed by atoms with Crippen molar-refractivity contribution in [2.45, 2.75) is 45.1 Å². The van der Waals surface area contributed by atoms with E-state index < -0.39 is 12.0 Å². The van der Waals surface area contributed by atoms with Crippen LogP contribution in [0.15, 0.2) is 12.5 Å². The molecule has 6 heteroatoms. The molecule has 1 aliphatic carbocycles. The number of amides is 1. The van der Waals surface area contributed by atoms with E-state index >= 15 is 0 Å². The molecule has 0 unspecified atom stereocenters. The minimum Gasteiger partial charge on any atom is -0.467 e. The summed E-state index contributed by atoms with van der Waals surface area (Å²) in [6.07, 6.45) is 7.49. The van der Waals surface area contributed by atoms with Crippen LogP contribution in [0.4, 0.5) is 0 Å². The second-order valence-corrected chi connectivity index (χ2v) is 5.82. The Balaban J connectivity index is 1.94. The maximum absolute atomic E-state index is 12.3. The number of rotatable bonds is 5. The summed E-state index contributed by atoms with van der Waals surface area (Å²) in [5.41, 5.74) is 0.794. The van der Waals surface area contributed by atoms with Crippen LogP contribution in [-0.2, 0) is 20.7 Å². The van der Waals surface area contributed by atoms with Gasteiger partial charge in [0.1, 0.15) is 6.04 Å². The first-order valence-electron chi connectivity index (χ1n) is 7.45. The van der Waals surface area contributed by atoms with Gasteiger partial charge in [0.05, 0.1) is 13.4 Å². The number of H-pyrrole nitrogens is 1. The third kappa shape index (κ3) is 4.31. The van der Waals surface area contributed by atoms with Crippen molar-refractivity contribution in [3.63, 3.8) is 0 Å². The molecule has 0 radical (unpaired) electrons. The first-order chi connectivity index (χ1) is 10.1. The van der Waals surface area contributed by atoms with Crippen molar-refractivity contribution >= 4 is 11.9 Å². The van der Waals surface area contributed by atoms with Gasteiger partial charge in [0.15, 0.2) is 0 Å². The molecular weight excluding hydrogens is 270 g/mol. The van der Waals surface area contributed by atoms with Crippen LogP contribution >= 0.6 is 0 Å². The van der Waals surface area contributed by atoms with Crippen molar-refractivity contribution in [3.05, 3.63) is 18.2 Å². The summed E-state index contributed by atoms with van der Waals surface area (Å²) in [6, 6.07) is -0.665. The summed E-state index contributed by atoms with van der Waals surface area (Å²) in [6.45, 7) is 2.21. The van der Waals surface area contributed by atoms with Crippen LogP contribution < -0.4 is 5.32 Å². The van der Waals surface area contributed by atoms with Crippen molar-refractivity contribution in [2.75, 3.05) is 7.11 Å². The van der Waals surface area contributed by atoms with E-state index in [0.717, 1.165) is 31.4 Å². The second kappa shape index (κ2) is 7.24. The van der Waals surface area contributed by atoms with Crippen LogP contribution in [0.2, 0.25) is 0 Å². The Labute approximate surface area is 124 Å². The average Bonchev–Trinajstić information content (AvgIpc) is 2.99. The highest BCUT2D eigenvalue weighted by Crippen LogP contribution is 2.28. The number of hydrogen-bond acceptors (Lipinski definition) is 4. The first kappa shape index (κ1) is 15.5. The molecular formula is C15H23N3O3. The Morgan fingerprint density at radius 3 is 2.71 bits per heavy atom. The van der Waals surface area contributed by atoms with Crippen LogP contribution in [0.3, 0.4) is 0 Å². The van der Waals surface area contributed by atoms with E-state index in [1.165, 1.54) is 7.11 Å². The van der Waals surface area contributed by atoms with Gasteiger partial charge in [-0.3, -0.25) is 4.79 Å². The van der Waals surface area contributed by atoms with E-state index in [0.29, 0.717) is 12.3 Å². The molecule has 21 heavy (non-hydrogen) atoms. The topological polar surface area (TPSA) is 84.1 Å². The molecule has 0 aromatic carbocycles. The summed E-state index contributed by atoms with van der Waals surface area (Å²) in [4.78, 5) is 31.0. The van der Waals surface area contributed by atoms with Gasteiger partial charge in [-0.2, -0.15) is 0 Å². The molecule has 1 heterocycles. The van der Waals surface area contributed by atoms with Crippen LogP contribution in [0, 0.1) is 11.8 Å². The Morgan fingerprint density at radius 1 is 1.43 bits per heavy atom. The number of ether oxygens (including phenoxy) is 1. The number of imidazole rings is 1. The van der Waals surface area contributed by atoms with Gasteiger partial charge in [-0.1, -0.05) is 6.92 Å². The number of carbonyl (C=O) groups is 2. The van der Waals surface area contributed by atoms with Gasteiger partial charge in [-0.25, -0.2) is 9.78 Å². The van der Waals surface area contributed by atoms with Crippen LogP contribution in [0.5, 0.6) is 0 Å². The zero-order valence-electron chi connectivity index (χ0n) is 12.6. The highest BCUT2D eigenvalue weighted by molar-refractivity contribution is 5.85. The van der Waals surface area contributed by atoms with Crippen molar-refractivity contribution in [1.82, 2.24) is 15.3 Å². The van der Waals surface area contributed by atoms with Gasteiger partial charge in [0.2, 0.25) is 5.91 Å². The summed E-state index contributed by atoms with van der Waals surface area (Å²) >= 11 is 0. The van der Waals surface area contributed by atoms with E-state index in [9.17, 15) is 9.59 Å². The van der Waals surface area contributed by atoms with Crippen molar-refractivity contribution in [3.8, 4) is 0 Å². The number of nitrogens with zero attached hydrogens (tertiary/aromatic N) is 1. The van der Waals surface area contributed by atoms with Crippen molar-refractivity contribution in [1.29, 1.82) is 0 Å². The molecule has 1 amide bonds. The molecule has 116 valence electrons. The largest absolute Gasteiger partial charge is 0.467 e. The van der Waals surface area contributed by atoms with Gasteiger partial charge >= 0.3 is 5.97 Å². The number of aromatic amines is 1. The van der Waals surface area contributed by atoms with Crippen molar-refractivity contribution in [2.24, 2.45) is 11.8 Å². The average molecular weight is 293 g/mol. The summed E-state index contributed by atoms with van der Waals surface area (Å²) in [5.74, 6) is 0.226. The smallest absolute Gasteiger partial charge is 0.328 e. The standard InChI is InChI=1S/C15H23N3O3/c1-10-3-5-11(6-4-10)14(19)18-13(15(20)21-2)7-12-8-16-9-17-12/h8-11,13H,3-7H2,1-2H3,(H,16,17)(H,18,19)/t10?,11?,13-/m0/s1. The third-order valence-electron chi connectivity index (χ3n) is 4.17. The van der Waals surface area contributed by atoms with E-state index in [1.807, 2.05) is 0 Å². The molecule has 0 aliphatic heterocycles. The maximum atomic E-state index is 12.3. The summed E-state index contributed by atoms with van der Waals surface area (Å²) in [5, 5.41) is 2.83. The zero-order chi connectivity index (χ0) is 15.2. The molecule has 0 bridgehead atoms. The van der Waals surface area contributed by atoms with E-state index in [1.54, 1.807) is 12.5 Å². The zero-order valence-corrected chi connectivity index (χ0v) is 12.6. The first-order valence-corrected chi connectivity index (χ1v) is 7.45. The number of nitrogens with one attached hydrogen (secondary N) is 2. The normalized spacial score (nSPS) is 23.3. The van der Waals surface area contributed by atoms with Gasteiger partial charge in [-0.15, -0.1) is 0 Å². The minimum absolute atomic E-state index is 0.00937. The molecule has 2 rings (SSSR count). The molecule has 0 saturated heterocycles. The number of carbonyl (C=O) groups excluding carboxylic acids is 2. The fourth-order valence-electron chi connectivity index (χ4n) is 2.76. The summed E-state index contributed by atoms with van der Waals surface area (Å²) < 4.78 is 4.78. The molecule has 1 aliphatic rings. The molecule has 1 aromatic rings. The fraction of sp³-hybridized carbons (Fsp3) is 0.667. The third-order valence-corrected chi connectivity index (χ3v) is 4.17. The minimum atomic E-state index is -0.665. The predicted octanol–water partition coefficient (Wildman–Crippen LogP) is 1.44. The van der Waals surface area contributed by atoms with Crippen molar-refractivity contribution < 1.29 is 14.3 Å². The lowest BCUT2D eigenvalue weighted by Crippen LogP contribution is -2.46. The lowest BCUT2D eigenvalue weighted by Gasteiger charge is -2.26. The Hall–Kier alpha value is -1.85. The predicted molar refractivity (Wildman–Crippen MR) is 77.4 cm³/mol. The van der Waals surface area contributed by atoms with Gasteiger partial charge in [-0.05, 0) is 31.6 Å². The van der Waals surface area contributed by atoms with E-state index in [-0.39, 0.29) is 11.8 Å². The fourth-order valence-corrected chi connectivity index (χ4v) is 2.76. The molecule has 6 nitrogen and oxygen atoms in total. The quantitative estimate of drug-likeness (QED) is 0.805. The lowest BCUT2D eigenvalue weighted by atomic mass is 9.82. The SMILES string of the molecule is COC(=O)[C@H](Cc1cnc[nH]1)NC(=O)C1CCC(C)CC1.